The predicted molar refractivity (Wildman–Crippen MR) is 165 cm³/mol. The molecule has 8 nitrogen and oxygen atoms in total. The lowest BCUT2D eigenvalue weighted by Gasteiger charge is -2.62. The lowest BCUT2D eigenvalue weighted by atomic mass is 9.60. The van der Waals surface area contributed by atoms with E-state index in [2.05, 4.69) is 49.8 Å². The van der Waals surface area contributed by atoms with Crippen molar-refractivity contribution in [3.05, 3.63) is 77.6 Å². The van der Waals surface area contributed by atoms with Crippen LogP contribution < -0.4 is 14.4 Å². The van der Waals surface area contributed by atoms with Gasteiger partial charge < -0.3 is 19.4 Å². The standard InChI is InChI=1S/C34H39N5O3/c1-3-25-5-4-24(14-31(25)41-2)20-37-10-12-38(13-11-37)29-17-34(18-29)22-39(23-34)28-7-6-27(21-40)32(16-28)42-30-15-26-8-9-35-33(26)36-19-30/h4-9,14-16,19,21,29H,3,10-13,17-18,20,22-23H2,1-2H3,(H,35,36). The van der Waals surface area contributed by atoms with Crippen LogP contribution in [0.2, 0.25) is 0 Å². The largest absolute Gasteiger partial charge is 0.496 e. The van der Waals surface area contributed by atoms with Gasteiger partial charge in [-0.2, -0.15) is 0 Å². The summed E-state index contributed by atoms with van der Waals surface area (Å²) in [6, 6.07) is 17.2. The first-order valence-electron chi connectivity index (χ1n) is 15.1. The molecule has 0 unspecified atom stereocenters. The average Bonchev–Trinajstić information content (AvgIpc) is 3.45. The minimum atomic E-state index is 0.424. The number of aromatic amines is 1. The molecule has 3 aliphatic rings. The van der Waals surface area contributed by atoms with Crippen molar-refractivity contribution in [3.63, 3.8) is 0 Å². The lowest BCUT2D eigenvalue weighted by molar-refractivity contribution is -0.0380. The number of aromatic nitrogens is 2. The molecule has 42 heavy (non-hydrogen) atoms. The Hall–Kier alpha value is -3.88. The second-order valence-electron chi connectivity index (χ2n) is 12.3. The number of nitrogens with one attached hydrogen (secondary N) is 1. The maximum Gasteiger partial charge on any atom is 0.153 e. The van der Waals surface area contributed by atoms with Gasteiger partial charge in [-0.3, -0.25) is 14.6 Å². The molecule has 0 atom stereocenters. The van der Waals surface area contributed by atoms with E-state index in [1.165, 1.54) is 24.0 Å². The van der Waals surface area contributed by atoms with Gasteiger partial charge in [0.1, 0.15) is 22.9 Å². The number of anilines is 1. The fourth-order valence-corrected chi connectivity index (χ4v) is 7.13. The Morgan fingerprint density at radius 3 is 2.62 bits per heavy atom. The molecule has 218 valence electrons. The van der Waals surface area contributed by atoms with Gasteiger partial charge in [-0.1, -0.05) is 19.1 Å². The van der Waals surface area contributed by atoms with Gasteiger partial charge >= 0.3 is 0 Å². The highest BCUT2D eigenvalue weighted by atomic mass is 16.5. The summed E-state index contributed by atoms with van der Waals surface area (Å²) in [7, 11) is 1.77. The molecule has 2 aliphatic heterocycles. The van der Waals surface area contributed by atoms with Crippen LogP contribution in [0.25, 0.3) is 11.0 Å². The van der Waals surface area contributed by atoms with E-state index in [1.54, 1.807) is 13.3 Å². The topological polar surface area (TPSA) is 73.9 Å². The Labute approximate surface area is 247 Å². The number of nitrogens with zero attached hydrogens (tertiary/aromatic N) is 4. The third kappa shape index (κ3) is 5.14. The van der Waals surface area contributed by atoms with Crippen LogP contribution in [0.15, 0.2) is 60.9 Å². The normalized spacial score (nSPS) is 19.0. The molecule has 4 aromatic rings. The highest BCUT2D eigenvalue weighted by Gasteiger charge is 2.54. The number of rotatable bonds is 9. The lowest BCUT2D eigenvalue weighted by Crippen LogP contribution is -2.68. The Kier molecular flexibility index (Phi) is 7.12. The second kappa shape index (κ2) is 11.1. The summed E-state index contributed by atoms with van der Waals surface area (Å²) in [5.74, 6) is 2.21. The average molecular weight is 566 g/mol. The Balaban J connectivity index is 0.909. The molecule has 2 aromatic carbocycles. The van der Waals surface area contributed by atoms with Crippen molar-refractivity contribution < 1.29 is 14.3 Å². The third-order valence-electron chi connectivity index (χ3n) is 9.54. The summed E-state index contributed by atoms with van der Waals surface area (Å²) in [5.41, 5.74) is 5.50. The van der Waals surface area contributed by atoms with E-state index in [-0.39, 0.29) is 0 Å². The zero-order chi connectivity index (χ0) is 28.7. The van der Waals surface area contributed by atoms with Crippen molar-refractivity contribution in [1.82, 2.24) is 19.8 Å². The van der Waals surface area contributed by atoms with Crippen LogP contribution in [0, 0.1) is 5.41 Å². The second-order valence-corrected chi connectivity index (χ2v) is 12.3. The van der Waals surface area contributed by atoms with E-state index < -0.39 is 0 Å². The third-order valence-corrected chi connectivity index (χ3v) is 9.54. The summed E-state index contributed by atoms with van der Waals surface area (Å²) in [6.07, 6.45) is 7.94. The first kappa shape index (κ1) is 27.0. The van der Waals surface area contributed by atoms with Crippen LogP contribution in [0.5, 0.6) is 17.2 Å². The molecule has 2 aromatic heterocycles. The monoisotopic (exact) mass is 565 g/mol. The number of pyridine rings is 1. The van der Waals surface area contributed by atoms with Crippen molar-refractivity contribution in [3.8, 4) is 17.2 Å². The van der Waals surface area contributed by atoms with Gasteiger partial charge in [0.15, 0.2) is 6.29 Å². The molecular formula is C34H39N5O3. The summed E-state index contributed by atoms with van der Waals surface area (Å²) in [5, 5.41) is 0.976. The number of piperazine rings is 1. The molecule has 7 rings (SSSR count). The van der Waals surface area contributed by atoms with E-state index >= 15 is 0 Å². The quantitative estimate of drug-likeness (QED) is 0.268. The Bertz CT molecular complexity index is 1580. The fourth-order valence-electron chi connectivity index (χ4n) is 7.13. The molecule has 8 heteroatoms. The van der Waals surface area contributed by atoms with E-state index in [4.69, 9.17) is 9.47 Å². The van der Waals surface area contributed by atoms with Gasteiger partial charge in [0, 0.05) is 80.6 Å². The first-order chi connectivity index (χ1) is 20.5. The number of benzene rings is 2. The predicted octanol–water partition coefficient (Wildman–Crippen LogP) is 5.53. The van der Waals surface area contributed by atoms with Gasteiger partial charge in [-0.05, 0) is 60.7 Å². The van der Waals surface area contributed by atoms with E-state index in [9.17, 15) is 4.79 Å². The molecular weight excluding hydrogens is 526 g/mol. The molecule has 1 saturated carbocycles. The highest BCUT2D eigenvalue weighted by Crippen LogP contribution is 2.52. The maximum absolute atomic E-state index is 11.7. The van der Waals surface area contributed by atoms with Crippen LogP contribution in [-0.2, 0) is 13.0 Å². The fraction of sp³-hybridized carbons (Fsp3) is 0.412. The van der Waals surface area contributed by atoms with Gasteiger partial charge in [-0.15, -0.1) is 0 Å². The van der Waals surface area contributed by atoms with E-state index in [0.717, 1.165) is 81.0 Å². The van der Waals surface area contributed by atoms with Crippen LogP contribution in [0.1, 0.15) is 41.3 Å². The molecule has 1 aliphatic carbocycles. The van der Waals surface area contributed by atoms with Crippen LogP contribution in [-0.4, -0.2) is 78.5 Å². The van der Waals surface area contributed by atoms with Crippen molar-refractivity contribution in [1.29, 1.82) is 0 Å². The number of hydrogen-bond acceptors (Lipinski definition) is 7. The summed E-state index contributed by atoms with van der Waals surface area (Å²) in [6.45, 7) is 9.82. The highest BCUT2D eigenvalue weighted by molar-refractivity contribution is 5.82. The van der Waals surface area contributed by atoms with Crippen molar-refractivity contribution in [2.75, 3.05) is 51.3 Å². The SMILES string of the molecule is CCc1ccc(CN2CCN(C3CC4(C3)CN(c3ccc(C=O)c(Oc5cnc6[nH]ccc6c5)c3)C4)CC2)cc1OC. The van der Waals surface area contributed by atoms with E-state index in [1.807, 2.05) is 36.5 Å². The number of methoxy groups -OCH3 is 1. The van der Waals surface area contributed by atoms with Crippen LogP contribution >= 0.6 is 0 Å². The van der Waals surface area contributed by atoms with Crippen LogP contribution in [0.3, 0.4) is 0 Å². The van der Waals surface area contributed by atoms with Crippen LogP contribution in [0.4, 0.5) is 5.69 Å². The number of aryl methyl sites for hydroxylation is 1. The molecule has 1 spiro atoms. The van der Waals surface area contributed by atoms with Gasteiger partial charge in [0.25, 0.3) is 0 Å². The summed E-state index contributed by atoms with van der Waals surface area (Å²) < 4.78 is 11.7. The minimum Gasteiger partial charge on any atom is -0.496 e. The van der Waals surface area contributed by atoms with Crippen molar-refractivity contribution in [2.45, 2.75) is 38.8 Å². The molecule has 0 amide bonds. The number of H-pyrrole nitrogens is 1. The molecule has 2 saturated heterocycles. The molecule has 0 bridgehead atoms. The first-order valence-corrected chi connectivity index (χ1v) is 15.1. The van der Waals surface area contributed by atoms with Crippen molar-refractivity contribution in [2.24, 2.45) is 5.41 Å². The molecule has 0 radical (unpaired) electrons. The molecule has 1 N–H and O–H groups in total. The zero-order valence-corrected chi connectivity index (χ0v) is 24.5. The summed E-state index contributed by atoms with van der Waals surface area (Å²) in [4.78, 5) is 26.9. The number of ether oxygens (including phenoxy) is 2. The molecule has 3 fully saturated rings. The minimum absolute atomic E-state index is 0.424. The van der Waals surface area contributed by atoms with E-state index in [0.29, 0.717) is 28.5 Å². The number of aldehydes is 1. The maximum atomic E-state index is 11.7. The number of hydrogen-bond donors (Lipinski definition) is 1. The number of fused-ring (bicyclic) bond motifs is 1. The number of carbonyl (C=O) groups is 1. The van der Waals surface area contributed by atoms with Crippen molar-refractivity contribution >= 4 is 23.0 Å². The Morgan fingerprint density at radius 1 is 1.02 bits per heavy atom. The Morgan fingerprint density at radius 2 is 1.86 bits per heavy atom. The smallest absolute Gasteiger partial charge is 0.153 e. The van der Waals surface area contributed by atoms with Gasteiger partial charge in [0.05, 0.1) is 18.9 Å². The van der Waals surface area contributed by atoms with Gasteiger partial charge in [0.2, 0.25) is 0 Å². The van der Waals surface area contributed by atoms with Gasteiger partial charge in [-0.25, -0.2) is 4.98 Å². The molecule has 4 heterocycles. The number of carbonyl (C=O) groups excluding carboxylic acids is 1. The summed E-state index contributed by atoms with van der Waals surface area (Å²) >= 11 is 0. The zero-order valence-electron chi connectivity index (χ0n) is 24.5.